The SMILES string of the molecule is CC1CCN(c2c(NCC3CCC(C(=O)NC4CCCC(C)C4C)CC3)c(=O)c2=O)CC1. The maximum atomic E-state index is 12.8. The molecule has 1 aromatic carbocycles. The Labute approximate surface area is 192 Å². The Bertz CT molecular complexity index is 858. The molecule has 178 valence electrons. The van der Waals surface area contributed by atoms with Crippen molar-refractivity contribution in [2.45, 2.75) is 84.6 Å². The van der Waals surface area contributed by atoms with Gasteiger partial charge in [-0.1, -0.05) is 33.6 Å². The fourth-order valence-corrected chi connectivity index (χ4v) is 6.04. The zero-order valence-electron chi connectivity index (χ0n) is 20.1. The highest BCUT2D eigenvalue weighted by atomic mass is 16.2. The van der Waals surface area contributed by atoms with Crippen molar-refractivity contribution in [3.05, 3.63) is 20.4 Å². The Morgan fingerprint density at radius 2 is 1.59 bits per heavy atom. The number of hydrogen-bond donors (Lipinski definition) is 2. The Morgan fingerprint density at radius 1 is 0.906 bits per heavy atom. The van der Waals surface area contributed by atoms with Gasteiger partial charge in [0.2, 0.25) is 5.91 Å². The third kappa shape index (κ3) is 4.89. The quantitative estimate of drug-likeness (QED) is 0.656. The van der Waals surface area contributed by atoms with E-state index >= 15 is 0 Å². The number of nitrogens with one attached hydrogen (secondary N) is 2. The van der Waals surface area contributed by atoms with Gasteiger partial charge < -0.3 is 15.5 Å². The smallest absolute Gasteiger partial charge is 0.253 e. The summed E-state index contributed by atoms with van der Waals surface area (Å²) in [6.45, 7) is 9.25. The molecule has 3 atom stereocenters. The highest BCUT2D eigenvalue weighted by molar-refractivity contribution is 5.79. The van der Waals surface area contributed by atoms with Crippen molar-refractivity contribution >= 4 is 17.3 Å². The maximum absolute atomic E-state index is 12.8. The Hall–Kier alpha value is -1.85. The minimum atomic E-state index is -0.359. The van der Waals surface area contributed by atoms with Crippen LogP contribution in [0.15, 0.2) is 9.59 Å². The van der Waals surface area contributed by atoms with Crippen LogP contribution in [0.25, 0.3) is 0 Å². The number of rotatable bonds is 6. The van der Waals surface area contributed by atoms with Gasteiger partial charge in [-0.15, -0.1) is 0 Å². The molecule has 0 radical (unpaired) electrons. The van der Waals surface area contributed by atoms with E-state index in [0.29, 0.717) is 47.6 Å². The van der Waals surface area contributed by atoms with E-state index in [0.717, 1.165) is 58.0 Å². The Kier molecular flexibility index (Phi) is 7.26. The van der Waals surface area contributed by atoms with E-state index in [1.54, 1.807) is 0 Å². The van der Waals surface area contributed by atoms with E-state index in [1.807, 2.05) is 0 Å². The molecule has 3 aliphatic rings. The Balaban J connectivity index is 1.24. The highest BCUT2D eigenvalue weighted by Crippen LogP contribution is 2.33. The van der Waals surface area contributed by atoms with Gasteiger partial charge in [0, 0.05) is 31.6 Å². The summed E-state index contributed by atoms with van der Waals surface area (Å²) in [4.78, 5) is 39.3. The lowest BCUT2D eigenvalue weighted by molar-refractivity contribution is -0.127. The van der Waals surface area contributed by atoms with Crippen molar-refractivity contribution in [1.29, 1.82) is 0 Å². The lowest BCUT2D eigenvalue weighted by atomic mass is 9.77. The molecule has 32 heavy (non-hydrogen) atoms. The molecule has 1 aliphatic heterocycles. The first-order valence-corrected chi connectivity index (χ1v) is 13.0. The lowest BCUT2D eigenvalue weighted by Crippen LogP contribution is -2.47. The molecule has 4 rings (SSSR count). The van der Waals surface area contributed by atoms with E-state index in [2.05, 4.69) is 36.3 Å². The maximum Gasteiger partial charge on any atom is 0.253 e. The van der Waals surface area contributed by atoms with Gasteiger partial charge in [-0.25, -0.2) is 0 Å². The van der Waals surface area contributed by atoms with E-state index in [9.17, 15) is 14.4 Å². The zero-order chi connectivity index (χ0) is 22.8. The molecule has 2 N–H and O–H groups in total. The molecule has 0 aromatic heterocycles. The molecular formula is C26H41N3O3. The predicted octanol–water partition coefficient (Wildman–Crippen LogP) is 3.68. The highest BCUT2D eigenvalue weighted by Gasteiger charge is 2.33. The zero-order valence-corrected chi connectivity index (χ0v) is 20.1. The van der Waals surface area contributed by atoms with Crippen LogP contribution >= 0.6 is 0 Å². The number of anilines is 2. The average molecular weight is 444 g/mol. The van der Waals surface area contributed by atoms with Crippen molar-refractivity contribution in [3.8, 4) is 0 Å². The molecule has 1 heterocycles. The predicted molar refractivity (Wildman–Crippen MR) is 130 cm³/mol. The van der Waals surface area contributed by atoms with Crippen molar-refractivity contribution < 1.29 is 4.79 Å². The second kappa shape index (κ2) is 9.96. The molecule has 1 amide bonds. The van der Waals surface area contributed by atoms with Crippen molar-refractivity contribution in [2.75, 3.05) is 29.9 Å². The van der Waals surface area contributed by atoms with Crippen LogP contribution in [0.4, 0.5) is 11.4 Å². The summed E-state index contributed by atoms with van der Waals surface area (Å²) in [5.41, 5.74) is 0.465. The first-order valence-electron chi connectivity index (χ1n) is 13.0. The molecule has 3 fully saturated rings. The standard InChI is InChI=1S/C26H41N3O3/c1-16-11-13-29(14-12-16)23-22(24(30)25(23)31)27-15-19-7-9-20(10-8-19)26(32)28-21-6-4-5-17(2)18(21)3/h16-21,27H,4-15H2,1-3H3,(H,28,32). The van der Waals surface area contributed by atoms with Crippen molar-refractivity contribution in [3.63, 3.8) is 0 Å². The van der Waals surface area contributed by atoms with Crippen LogP contribution in [0.3, 0.4) is 0 Å². The summed E-state index contributed by atoms with van der Waals surface area (Å²) in [5, 5.41) is 6.67. The molecule has 6 nitrogen and oxygen atoms in total. The minimum Gasteiger partial charge on any atom is -0.380 e. The van der Waals surface area contributed by atoms with Crippen LogP contribution in [0.1, 0.15) is 78.6 Å². The molecule has 3 unspecified atom stereocenters. The van der Waals surface area contributed by atoms with Crippen LogP contribution in [-0.4, -0.2) is 31.6 Å². The topological polar surface area (TPSA) is 78.5 Å². The number of carbonyl (C=O) groups is 1. The average Bonchev–Trinajstić information content (AvgIpc) is 2.80. The van der Waals surface area contributed by atoms with E-state index in [4.69, 9.17) is 0 Å². The van der Waals surface area contributed by atoms with Crippen LogP contribution in [0.5, 0.6) is 0 Å². The van der Waals surface area contributed by atoms with Crippen molar-refractivity contribution in [1.82, 2.24) is 5.32 Å². The first kappa shape index (κ1) is 23.3. The summed E-state index contributed by atoms with van der Waals surface area (Å²) in [7, 11) is 0. The van der Waals surface area contributed by atoms with Gasteiger partial charge in [0.05, 0.1) is 0 Å². The fraction of sp³-hybridized carbons (Fsp3) is 0.808. The summed E-state index contributed by atoms with van der Waals surface area (Å²) in [6, 6.07) is 0.330. The van der Waals surface area contributed by atoms with Gasteiger partial charge in [0.25, 0.3) is 10.9 Å². The molecule has 2 saturated carbocycles. The molecule has 1 saturated heterocycles. The Morgan fingerprint density at radius 3 is 2.28 bits per heavy atom. The molecule has 1 aromatic rings. The van der Waals surface area contributed by atoms with E-state index in [1.165, 1.54) is 12.8 Å². The monoisotopic (exact) mass is 443 g/mol. The third-order valence-electron chi connectivity index (χ3n) is 8.80. The number of amides is 1. The second-order valence-electron chi connectivity index (χ2n) is 11.0. The van der Waals surface area contributed by atoms with Gasteiger partial charge >= 0.3 is 0 Å². The molecule has 2 aliphatic carbocycles. The van der Waals surface area contributed by atoms with Gasteiger partial charge in [-0.2, -0.15) is 0 Å². The van der Waals surface area contributed by atoms with Gasteiger partial charge in [0.1, 0.15) is 11.4 Å². The van der Waals surface area contributed by atoms with Gasteiger partial charge in [-0.05, 0) is 68.6 Å². The first-order chi connectivity index (χ1) is 15.3. The number of nitrogens with zero attached hydrogens (tertiary/aromatic N) is 1. The number of piperidine rings is 1. The van der Waals surface area contributed by atoms with Crippen LogP contribution in [0, 0.1) is 29.6 Å². The van der Waals surface area contributed by atoms with Crippen LogP contribution in [-0.2, 0) is 4.79 Å². The number of hydrogen-bond acceptors (Lipinski definition) is 5. The van der Waals surface area contributed by atoms with Gasteiger partial charge in [0.15, 0.2) is 0 Å². The summed E-state index contributed by atoms with van der Waals surface area (Å²) in [5.74, 6) is 2.74. The summed E-state index contributed by atoms with van der Waals surface area (Å²) >= 11 is 0. The molecular weight excluding hydrogens is 402 g/mol. The summed E-state index contributed by atoms with van der Waals surface area (Å²) < 4.78 is 0. The van der Waals surface area contributed by atoms with E-state index < -0.39 is 0 Å². The van der Waals surface area contributed by atoms with E-state index in [-0.39, 0.29) is 22.7 Å². The second-order valence-corrected chi connectivity index (χ2v) is 11.0. The van der Waals surface area contributed by atoms with Crippen LogP contribution < -0.4 is 26.4 Å². The largest absolute Gasteiger partial charge is 0.380 e. The minimum absolute atomic E-state index is 0.118. The normalized spacial score (nSPS) is 32.1. The van der Waals surface area contributed by atoms with Crippen LogP contribution in [0.2, 0.25) is 0 Å². The molecule has 0 bridgehead atoms. The molecule has 0 spiro atoms. The summed E-state index contributed by atoms with van der Waals surface area (Å²) in [6.07, 6.45) is 9.55. The third-order valence-corrected chi connectivity index (χ3v) is 8.80. The lowest BCUT2D eigenvalue weighted by Gasteiger charge is -2.36. The fourth-order valence-electron chi connectivity index (χ4n) is 6.04. The van der Waals surface area contributed by atoms with Crippen molar-refractivity contribution in [2.24, 2.45) is 29.6 Å². The number of carbonyl (C=O) groups excluding carboxylic acids is 1. The molecule has 6 heteroatoms. The van der Waals surface area contributed by atoms with Gasteiger partial charge in [-0.3, -0.25) is 14.4 Å².